The van der Waals surface area contributed by atoms with E-state index in [1.807, 2.05) is 6.07 Å². The highest BCUT2D eigenvalue weighted by molar-refractivity contribution is 5.90. The number of amides is 1. The minimum absolute atomic E-state index is 0. The fourth-order valence-electron chi connectivity index (χ4n) is 2.21. The van der Waals surface area contributed by atoms with Crippen molar-refractivity contribution in [2.75, 3.05) is 5.32 Å². The highest BCUT2D eigenvalue weighted by Gasteiger charge is 2.25. The summed E-state index contributed by atoms with van der Waals surface area (Å²) in [4.78, 5) is 15.7. The van der Waals surface area contributed by atoms with Crippen LogP contribution in [0.15, 0.2) is 24.5 Å². The van der Waals surface area contributed by atoms with E-state index in [4.69, 9.17) is 5.73 Å². The first kappa shape index (κ1) is 17.2. The number of nitrogens with two attached hydrogens (primary N) is 1. The van der Waals surface area contributed by atoms with E-state index in [0.29, 0.717) is 12.3 Å². The summed E-state index contributed by atoms with van der Waals surface area (Å²) in [6.45, 7) is 0. The van der Waals surface area contributed by atoms with Crippen molar-refractivity contribution in [1.29, 1.82) is 0 Å². The summed E-state index contributed by atoms with van der Waals surface area (Å²) in [5.74, 6) is 0.382. The van der Waals surface area contributed by atoms with Crippen LogP contribution in [0.25, 0.3) is 0 Å². The fourth-order valence-corrected chi connectivity index (χ4v) is 2.21. The van der Waals surface area contributed by atoms with Crippen LogP contribution in [-0.2, 0) is 4.79 Å². The Balaban J connectivity index is 0.00000144. The lowest BCUT2D eigenvalue weighted by Gasteiger charge is -2.14. The summed E-state index contributed by atoms with van der Waals surface area (Å²) in [6, 6.07) is 3.83. The van der Waals surface area contributed by atoms with Gasteiger partial charge in [-0.25, -0.2) is 0 Å². The van der Waals surface area contributed by atoms with Gasteiger partial charge >= 0.3 is 0 Å². The van der Waals surface area contributed by atoms with Crippen LogP contribution >= 0.6 is 24.8 Å². The van der Waals surface area contributed by atoms with Crippen molar-refractivity contribution in [2.24, 2.45) is 11.7 Å². The molecule has 2 rings (SSSR count). The molecule has 0 saturated heterocycles. The molecule has 2 atom stereocenters. The molecule has 1 aromatic heterocycles. The molecule has 1 aliphatic carbocycles. The smallest absolute Gasteiger partial charge is 0.224 e. The molecule has 0 aromatic carbocycles. The van der Waals surface area contributed by atoms with Crippen LogP contribution in [0.2, 0.25) is 0 Å². The van der Waals surface area contributed by atoms with E-state index < -0.39 is 0 Å². The Morgan fingerprint density at radius 2 is 2.22 bits per heavy atom. The van der Waals surface area contributed by atoms with E-state index in [2.05, 4.69) is 10.3 Å². The number of nitrogens with one attached hydrogen (secondary N) is 1. The van der Waals surface area contributed by atoms with E-state index in [9.17, 15) is 4.79 Å². The number of hydrogen-bond donors (Lipinski definition) is 2. The predicted octanol–water partition coefficient (Wildman–Crippen LogP) is 2.38. The first-order chi connectivity index (χ1) is 7.75. The molecule has 4 nitrogen and oxygen atoms in total. The zero-order valence-corrected chi connectivity index (χ0v) is 11.7. The second-order valence-electron chi connectivity index (χ2n) is 4.35. The third kappa shape index (κ3) is 4.80. The van der Waals surface area contributed by atoms with Crippen molar-refractivity contribution in [2.45, 2.75) is 31.7 Å². The molecule has 18 heavy (non-hydrogen) atoms. The van der Waals surface area contributed by atoms with Crippen LogP contribution in [0, 0.1) is 5.92 Å². The van der Waals surface area contributed by atoms with Gasteiger partial charge in [-0.3, -0.25) is 9.78 Å². The molecule has 1 fully saturated rings. The molecule has 0 aliphatic heterocycles. The predicted molar refractivity (Wildman–Crippen MR) is 77.3 cm³/mol. The number of halogens is 2. The van der Waals surface area contributed by atoms with Gasteiger partial charge in [-0.1, -0.05) is 6.42 Å². The second kappa shape index (κ2) is 8.29. The van der Waals surface area contributed by atoms with Gasteiger partial charge in [0.2, 0.25) is 5.91 Å². The standard InChI is InChI=1S/C12H17N3O.2ClH/c13-11-5-1-3-9(11)7-12(16)15-10-4-2-6-14-8-10;;/h2,4,6,8-9,11H,1,3,5,7,13H2,(H,15,16);2*1H/t9-,11+;;/m0../s1. The quantitative estimate of drug-likeness (QED) is 0.898. The zero-order chi connectivity index (χ0) is 11.4. The van der Waals surface area contributed by atoms with Gasteiger partial charge in [0.25, 0.3) is 0 Å². The average Bonchev–Trinajstić information content (AvgIpc) is 2.66. The lowest BCUT2D eigenvalue weighted by molar-refractivity contribution is -0.117. The molecule has 1 heterocycles. The average molecular weight is 292 g/mol. The largest absolute Gasteiger partial charge is 0.327 e. The highest BCUT2D eigenvalue weighted by atomic mass is 35.5. The minimum Gasteiger partial charge on any atom is -0.327 e. The SMILES string of the molecule is Cl.Cl.N[C@@H]1CCC[C@H]1CC(=O)Nc1cccnc1. The highest BCUT2D eigenvalue weighted by Crippen LogP contribution is 2.26. The van der Waals surface area contributed by atoms with Crippen LogP contribution in [0.5, 0.6) is 0 Å². The third-order valence-corrected chi connectivity index (χ3v) is 3.11. The van der Waals surface area contributed by atoms with E-state index in [1.54, 1.807) is 18.5 Å². The maximum absolute atomic E-state index is 11.7. The van der Waals surface area contributed by atoms with Crippen LogP contribution in [-0.4, -0.2) is 16.9 Å². The van der Waals surface area contributed by atoms with Gasteiger partial charge in [0.1, 0.15) is 0 Å². The van der Waals surface area contributed by atoms with Crippen LogP contribution in [0.4, 0.5) is 5.69 Å². The Labute approximate surface area is 120 Å². The van der Waals surface area contributed by atoms with Gasteiger partial charge in [0.05, 0.1) is 11.9 Å². The molecule has 0 bridgehead atoms. The normalized spacial score (nSPS) is 21.6. The van der Waals surface area contributed by atoms with Crippen LogP contribution in [0.1, 0.15) is 25.7 Å². The van der Waals surface area contributed by atoms with Gasteiger partial charge in [0, 0.05) is 18.7 Å². The van der Waals surface area contributed by atoms with E-state index in [-0.39, 0.29) is 36.8 Å². The number of nitrogens with zero attached hydrogens (tertiary/aromatic N) is 1. The molecule has 102 valence electrons. The third-order valence-electron chi connectivity index (χ3n) is 3.11. The van der Waals surface area contributed by atoms with E-state index >= 15 is 0 Å². The summed E-state index contributed by atoms with van der Waals surface area (Å²) in [7, 11) is 0. The first-order valence-corrected chi connectivity index (χ1v) is 5.71. The molecule has 6 heteroatoms. The van der Waals surface area contributed by atoms with Gasteiger partial charge in [-0.2, -0.15) is 0 Å². The molecule has 1 saturated carbocycles. The lowest BCUT2D eigenvalue weighted by atomic mass is 10.00. The van der Waals surface area contributed by atoms with Crippen molar-refractivity contribution >= 4 is 36.4 Å². The number of carbonyl (C=O) groups excluding carboxylic acids is 1. The van der Waals surface area contributed by atoms with Crippen molar-refractivity contribution in [1.82, 2.24) is 4.98 Å². The number of rotatable bonds is 3. The van der Waals surface area contributed by atoms with Crippen molar-refractivity contribution < 1.29 is 4.79 Å². The van der Waals surface area contributed by atoms with E-state index in [0.717, 1.165) is 24.9 Å². The summed E-state index contributed by atoms with van der Waals surface area (Å²) in [6.07, 6.45) is 7.11. The van der Waals surface area contributed by atoms with Crippen molar-refractivity contribution in [3.05, 3.63) is 24.5 Å². The number of aromatic nitrogens is 1. The first-order valence-electron chi connectivity index (χ1n) is 5.71. The Bertz CT molecular complexity index is 362. The maximum Gasteiger partial charge on any atom is 0.224 e. The van der Waals surface area contributed by atoms with Crippen LogP contribution < -0.4 is 11.1 Å². The number of pyridine rings is 1. The zero-order valence-electron chi connectivity index (χ0n) is 10.0. The molecule has 0 radical (unpaired) electrons. The van der Waals surface area contributed by atoms with Gasteiger partial charge < -0.3 is 11.1 Å². The Kier molecular flexibility index (Phi) is 7.91. The second-order valence-corrected chi connectivity index (χ2v) is 4.35. The summed E-state index contributed by atoms with van der Waals surface area (Å²) in [5.41, 5.74) is 6.68. The van der Waals surface area contributed by atoms with E-state index in [1.165, 1.54) is 0 Å². The topological polar surface area (TPSA) is 68.0 Å². The molecule has 1 aromatic rings. The molecule has 1 aliphatic rings. The summed E-state index contributed by atoms with van der Waals surface area (Å²) in [5, 5.41) is 2.83. The number of hydrogen-bond acceptors (Lipinski definition) is 3. The van der Waals surface area contributed by atoms with Crippen molar-refractivity contribution in [3.8, 4) is 0 Å². The van der Waals surface area contributed by atoms with Gasteiger partial charge in [-0.05, 0) is 30.9 Å². The Hall–Kier alpha value is -0.840. The maximum atomic E-state index is 11.7. The van der Waals surface area contributed by atoms with Gasteiger partial charge in [0.15, 0.2) is 0 Å². The molecular weight excluding hydrogens is 273 g/mol. The number of anilines is 1. The molecule has 3 N–H and O–H groups in total. The molecule has 0 unspecified atom stereocenters. The summed E-state index contributed by atoms with van der Waals surface area (Å²) >= 11 is 0. The Morgan fingerprint density at radius 3 is 2.78 bits per heavy atom. The minimum atomic E-state index is 0. The van der Waals surface area contributed by atoms with Crippen LogP contribution in [0.3, 0.4) is 0 Å². The lowest BCUT2D eigenvalue weighted by Crippen LogP contribution is -2.28. The fraction of sp³-hybridized carbons (Fsp3) is 0.500. The molecule has 0 spiro atoms. The Morgan fingerprint density at radius 1 is 1.44 bits per heavy atom. The van der Waals surface area contributed by atoms with Crippen molar-refractivity contribution in [3.63, 3.8) is 0 Å². The number of carbonyl (C=O) groups is 1. The molecule has 1 amide bonds. The monoisotopic (exact) mass is 291 g/mol. The molecular formula is C12H19Cl2N3O. The van der Waals surface area contributed by atoms with Gasteiger partial charge in [-0.15, -0.1) is 24.8 Å². The summed E-state index contributed by atoms with van der Waals surface area (Å²) < 4.78 is 0.